The van der Waals surface area contributed by atoms with Gasteiger partial charge in [0, 0.05) is 13.1 Å². The first kappa shape index (κ1) is 13.6. The standard InChI is InChI=1S/C15H18FNO2/c1-15(2,3)19-14(18)17-8-4-5-11-9-13(16)7-6-12(11)10-17/h4-7,9H,8,10H2,1-3H3. The normalized spacial score (nSPS) is 14.8. The number of hydrogen-bond acceptors (Lipinski definition) is 2. The summed E-state index contributed by atoms with van der Waals surface area (Å²) in [6, 6.07) is 4.59. The molecule has 2 rings (SSSR count). The first-order valence-corrected chi connectivity index (χ1v) is 6.28. The summed E-state index contributed by atoms with van der Waals surface area (Å²) in [6.45, 7) is 6.40. The monoisotopic (exact) mass is 263 g/mol. The molecule has 19 heavy (non-hydrogen) atoms. The lowest BCUT2D eigenvalue weighted by Crippen LogP contribution is -2.36. The van der Waals surface area contributed by atoms with Crippen LogP contribution in [0.1, 0.15) is 31.9 Å². The third-order valence-corrected chi connectivity index (χ3v) is 2.74. The van der Waals surface area contributed by atoms with Gasteiger partial charge in [-0.1, -0.05) is 18.2 Å². The van der Waals surface area contributed by atoms with Crippen molar-refractivity contribution in [3.05, 3.63) is 41.2 Å². The smallest absolute Gasteiger partial charge is 0.410 e. The van der Waals surface area contributed by atoms with E-state index < -0.39 is 5.60 Å². The molecule has 1 aliphatic heterocycles. The number of halogens is 1. The summed E-state index contributed by atoms with van der Waals surface area (Å²) in [6.07, 6.45) is 3.33. The molecule has 4 heteroatoms. The molecule has 0 aliphatic carbocycles. The highest BCUT2D eigenvalue weighted by Gasteiger charge is 2.23. The molecular weight excluding hydrogens is 245 g/mol. The van der Waals surface area contributed by atoms with Crippen molar-refractivity contribution in [2.75, 3.05) is 6.54 Å². The molecule has 1 amide bonds. The fourth-order valence-electron chi connectivity index (χ4n) is 1.91. The Morgan fingerprint density at radius 1 is 1.37 bits per heavy atom. The molecule has 0 saturated heterocycles. The summed E-state index contributed by atoms with van der Waals surface area (Å²) in [4.78, 5) is 13.6. The molecule has 1 aromatic carbocycles. The van der Waals surface area contributed by atoms with Gasteiger partial charge in [-0.15, -0.1) is 0 Å². The van der Waals surface area contributed by atoms with Crippen LogP contribution in [0.5, 0.6) is 0 Å². The van der Waals surface area contributed by atoms with Gasteiger partial charge in [-0.2, -0.15) is 0 Å². The van der Waals surface area contributed by atoms with Gasteiger partial charge in [-0.3, -0.25) is 0 Å². The number of hydrogen-bond donors (Lipinski definition) is 0. The van der Waals surface area contributed by atoms with Crippen LogP contribution in [-0.4, -0.2) is 23.1 Å². The van der Waals surface area contributed by atoms with E-state index >= 15 is 0 Å². The predicted molar refractivity (Wildman–Crippen MR) is 72.1 cm³/mol. The molecule has 0 spiro atoms. The highest BCUT2D eigenvalue weighted by Crippen LogP contribution is 2.20. The molecule has 1 aliphatic rings. The third-order valence-electron chi connectivity index (χ3n) is 2.74. The maximum atomic E-state index is 13.2. The van der Waals surface area contributed by atoms with Gasteiger partial charge in [0.1, 0.15) is 11.4 Å². The molecule has 102 valence electrons. The van der Waals surface area contributed by atoms with Crippen LogP contribution in [0, 0.1) is 5.82 Å². The fraction of sp³-hybridized carbons (Fsp3) is 0.400. The van der Waals surface area contributed by atoms with Crippen molar-refractivity contribution < 1.29 is 13.9 Å². The number of fused-ring (bicyclic) bond motifs is 1. The van der Waals surface area contributed by atoms with E-state index in [0.29, 0.717) is 13.1 Å². The lowest BCUT2D eigenvalue weighted by molar-refractivity contribution is 0.0258. The number of carbonyl (C=O) groups is 1. The molecule has 0 N–H and O–H groups in total. The summed E-state index contributed by atoms with van der Waals surface area (Å²) < 4.78 is 18.5. The Labute approximate surface area is 112 Å². The van der Waals surface area contributed by atoms with Crippen molar-refractivity contribution in [2.24, 2.45) is 0 Å². The van der Waals surface area contributed by atoms with Crippen molar-refractivity contribution >= 4 is 12.2 Å². The molecule has 0 aromatic heterocycles. The maximum Gasteiger partial charge on any atom is 0.410 e. The fourth-order valence-corrected chi connectivity index (χ4v) is 1.91. The summed E-state index contributed by atoms with van der Waals surface area (Å²) in [7, 11) is 0. The van der Waals surface area contributed by atoms with Crippen molar-refractivity contribution in [1.29, 1.82) is 0 Å². The van der Waals surface area contributed by atoms with Crippen LogP contribution in [0.25, 0.3) is 6.08 Å². The number of rotatable bonds is 0. The van der Waals surface area contributed by atoms with Gasteiger partial charge in [0.2, 0.25) is 0 Å². The molecule has 0 unspecified atom stereocenters. The van der Waals surface area contributed by atoms with E-state index in [1.807, 2.05) is 32.9 Å². The summed E-state index contributed by atoms with van der Waals surface area (Å²) in [5, 5.41) is 0. The largest absolute Gasteiger partial charge is 0.444 e. The molecule has 0 radical (unpaired) electrons. The number of carbonyl (C=O) groups excluding carboxylic acids is 1. The highest BCUT2D eigenvalue weighted by atomic mass is 19.1. The second-order valence-electron chi connectivity index (χ2n) is 5.61. The van der Waals surface area contributed by atoms with E-state index in [0.717, 1.165) is 11.1 Å². The lowest BCUT2D eigenvalue weighted by atomic mass is 10.1. The van der Waals surface area contributed by atoms with Crippen molar-refractivity contribution in [1.82, 2.24) is 4.90 Å². The van der Waals surface area contributed by atoms with Crippen molar-refractivity contribution in [3.63, 3.8) is 0 Å². The van der Waals surface area contributed by atoms with Crippen LogP contribution in [-0.2, 0) is 11.3 Å². The van der Waals surface area contributed by atoms with E-state index in [4.69, 9.17) is 4.74 Å². The zero-order valence-electron chi connectivity index (χ0n) is 11.4. The van der Waals surface area contributed by atoms with Crippen LogP contribution in [0.15, 0.2) is 24.3 Å². The van der Waals surface area contributed by atoms with Crippen LogP contribution >= 0.6 is 0 Å². The predicted octanol–water partition coefficient (Wildman–Crippen LogP) is 3.59. The number of ether oxygens (including phenoxy) is 1. The molecular formula is C15H18FNO2. The van der Waals surface area contributed by atoms with Crippen molar-refractivity contribution in [3.8, 4) is 0 Å². The maximum absolute atomic E-state index is 13.2. The van der Waals surface area contributed by atoms with E-state index in [2.05, 4.69) is 0 Å². The minimum absolute atomic E-state index is 0.269. The Bertz CT molecular complexity index is 517. The van der Waals surface area contributed by atoms with Gasteiger partial charge >= 0.3 is 6.09 Å². The third kappa shape index (κ3) is 3.56. The van der Waals surface area contributed by atoms with Gasteiger partial charge in [-0.05, 0) is 44.0 Å². The molecule has 0 fully saturated rings. The van der Waals surface area contributed by atoms with Gasteiger partial charge in [0.15, 0.2) is 0 Å². The average Bonchev–Trinajstić information content (AvgIpc) is 2.48. The van der Waals surface area contributed by atoms with Crippen molar-refractivity contribution in [2.45, 2.75) is 32.9 Å². The van der Waals surface area contributed by atoms with Gasteiger partial charge in [0.05, 0.1) is 0 Å². The quantitative estimate of drug-likeness (QED) is 0.716. The molecule has 0 saturated carbocycles. The Morgan fingerprint density at radius 2 is 2.11 bits per heavy atom. The van der Waals surface area contributed by atoms with Gasteiger partial charge < -0.3 is 9.64 Å². The van der Waals surface area contributed by atoms with Gasteiger partial charge in [-0.25, -0.2) is 9.18 Å². The highest BCUT2D eigenvalue weighted by molar-refractivity contribution is 5.70. The topological polar surface area (TPSA) is 29.5 Å². The van der Waals surface area contributed by atoms with E-state index in [-0.39, 0.29) is 11.9 Å². The molecule has 1 heterocycles. The SMILES string of the molecule is CC(C)(C)OC(=O)N1CC=Cc2cc(F)ccc2C1. The van der Waals surface area contributed by atoms with Crippen LogP contribution in [0.2, 0.25) is 0 Å². The van der Waals surface area contributed by atoms with Crippen LogP contribution in [0.4, 0.5) is 9.18 Å². The molecule has 0 atom stereocenters. The zero-order valence-corrected chi connectivity index (χ0v) is 11.4. The Kier molecular flexibility index (Phi) is 3.60. The van der Waals surface area contributed by atoms with E-state index in [1.54, 1.807) is 11.0 Å². The molecule has 3 nitrogen and oxygen atoms in total. The Hall–Kier alpha value is -1.84. The second kappa shape index (κ2) is 5.03. The number of benzene rings is 1. The van der Waals surface area contributed by atoms with E-state index in [9.17, 15) is 9.18 Å². The number of amides is 1. The summed E-state index contributed by atoms with van der Waals surface area (Å²) in [5.74, 6) is -0.269. The molecule has 1 aromatic rings. The minimum Gasteiger partial charge on any atom is -0.444 e. The minimum atomic E-state index is -0.515. The van der Waals surface area contributed by atoms with Gasteiger partial charge in [0.25, 0.3) is 0 Å². The number of nitrogens with zero attached hydrogens (tertiary/aromatic N) is 1. The Morgan fingerprint density at radius 3 is 2.79 bits per heavy atom. The molecule has 0 bridgehead atoms. The first-order chi connectivity index (χ1) is 8.85. The first-order valence-electron chi connectivity index (χ1n) is 6.28. The Balaban J connectivity index is 2.17. The average molecular weight is 263 g/mol. The zero-order chi connectivity index (χ0) is 14.0. The lowest BCUT2D eigenvalue weighted by Gasteiger charge is -2.26. The van der Waals surface area contributed by atoms with E-state index in [1.165, 1.54) is 12.1 Å². The second-order valence-corrected chi connectivity index (χ2v) is 5.61. The summed E-state index contributed by atoms with van der Waals surface area (Å²) >= 11 is 0. The van der Waals surface area contributed by atoms with Crippen LogP contribution in [0.3, 0.4) is 0 Å². The summed E-state index contributed by atoms with van der Waals surface area (Å²) in [5.41, 5.74) is 1.21. The van der Waals surface area contributed by atoms with Crippen LogP contribution < -0.4 is 0 Å².